The third kappa shape index (κ3) is 2.88. The third-order valence-corrected chi connectivity index (χ3v) is 3.41. The smallest absolute Gasteiger partial charge is 0.313 e. The van der Waals surface area contributed by atoms with Crippen LogP contribution < -0.4 is 5.32 Å². The van der Waals surface area contributed by atoms with Gasteiger partial charge in [0, 0.05) is 24.9 Å². The fourth-order valence-corrected chi connectivity index (χ4v) is 2.00. The molecular weight excluding hydrogens is 262 g/mol. The maximum Gasteiger partial charge on any atom is 0.313 e. The lowest BCUT2D eigenvalue weighted by molar-refractivity contribution is -0.148. The molecular formula is C13H17N3O4. The Bertz CT molecular complexity index is 552. The number of hydrogen-bond donors (Lipinski definition) is 2. The van der Waals surface area contributed by atoms with Gasteiger partial charge in [-0.1, -0.05) is 0 Å². The van der Waals surface area contributed by atoms with Crippen molar-refractivity contribution in [1.29, 1.82) is 0 Å². The second kappa shape index (κ2) is 5.46. The summed E-state index contributed by atoms with van der Waals surface area (Å²) in [6.07, 6.45) is 6.38. The van der Waals surface area contributed by atoms with Gasteiger partial charge in [-0.15, -0.1) is 0 Å². The maximum absolute atomic E-state index is 11.8. The number of aryl methyl sites for hydroxylation is 1. The van der Waals surface area contributed by atoms with Crippen LogP contribution in [0.3, 0.4) is 0 Å². The number of carboxylic acids is 1. The predicted octanol–water partition coefficient (Wildman–Crippen LogP) is 0.0392. The molecule has 2 atom stereocenters. The van der Waals surface area contributed by atoms with Gasteiger partial charge >= 0.3 is 5.97 Å². The molecule has 7 heteroatoms. The second-order valence-electron chi connectivity index (χ2n) is 5.08. The van der Waals surface area contributed by atoms with Crippen molar-refractivity contribution in [3.63, 3.8) is 0 Å². The number of nitrogens with one attached hydrogen (secondary N) is 1. The van der Waals surface area contributed by atoms with Crippen molar-refractivity contribution >= 4 is 18.0 Å². The third-order valence-electron chi connectivity index (χ3n) is 3.41. The topological polar surface area (TPSA) is 93.5 Å². The number of carboxylic acid groups (broad SMARTS) is 1. The molecule has 2 rings (SSSR count). The van der Waals surface area contributed by atoms with Crippen molar-refractivity contribution in [2.75, 3.05) is 13.2 Å². The van der Waals surface area contributed by atoms with E-state index in [2.05, 4.69) is 10.4 Å². The first kappa shape index (κ1) is 14.3. The first-order valence-electron chi connectivity index (χ1n) is 6.20. The Morgan fingerprint density at radius 1 is 1.65 bits per heavy atom. The second-order valence-corrected chi connectivity index (χ2v) is 5.08. The molecule has 0 radical (unpaired) electrons. The Morgan fingerprint density at radius 2 is 2.40 bits per heavy atom. The van der Waals surface area contributed by atoms with E-state index in [1.807, 2.05) is 0 Å². The molecule has 2 heterocycles. The van der Waals surface area contributed by atoms with Gasteiger partial charge in [-0.2, -0.15) is 5.10 Å². The number of hydrogen-bond acceptors (Lipinski definition) is 4. The van der Waals surface area contributed by atoms with Crippen molar-refractivity contribution in [3.8, 4) is 0 Å². The van der Waals surface area contributed by atoms with E-state index in [0.717, 1.165) is 5.56 Å². The number of carbonyl (C=O) groups is 2. The number of amides is 1. The Hall–Kier alpha value is -2.15. The van der Waals surface area contributed by atoms with Crippen molar-refractivity contribution < 1.29 is 19.4 Å². The quantitative estimate of drug-likeness (QED) is 0.759. The molecule has 0 spiro atoms. The zero-order valence-corrected chi connectivity index (χ0v) is 11.4. The normalized spacial score (nSPS) is 26.0. The number of rotatable bonds is 4. The summed E-state index contributed by atoms with van der Waals surface area (Å²) in [5.41, 5.74) is -0.288. The highest BCUT2D eigenvalue weighted by Crippen LogP contribution is 2.28. The number of aromatic nitrogens is 2. The van der Waals surface area contributed by atoms with Crippen LogP contribution in [-0.2, 0) is 21.4 Å². The van der Waals surface area contributed by atoms with Crippen LogP contribution in [0, 0.1) is 5.41 Å². The number of aliphatic carboxylic acids is 1. The predicted molar refractivity (Wildman–Crippen MR) is 70.7 cm³/mol. The summed E-state index contributed by atoms with van der Waals surface area (Å²) < 4.78 is 6.80. The van der Waals surface area contributed by atoms with Gasteiger partial charge in [-0.05, 0) is 13.0 Å². The summed E-state index contributed by atoms with van der Waals surface area (Å²) in [5.74, 6) is -1.33. The molecule has 7 nitrogen and oxygen atoms in total. The molecule has 108 valence electrons. The van der Waals surface area contributed by atoms with Crippen molar-refractivity contribution in [2.45, 2.75) is 13.0 Å². The largest absolute Gasteiger partial charge is 0.481 e. The molecule has 1 aliphatic heterocycles. The van der Waals surface area contributed by atoms with Gasteiger partial charge in [0.05, 0.1) is 25.5 Å². The average Bonchev–Trinajstić information content (AvgIpc) is 2.95. The molecule has 20 heavy (non-hydrogen) atoms. The Labute approximate surface area is 116 Å². The SMILES string of the molecule is Cn1cc(C=CC(=O)NC2COCC2(C)C(=O)O)cn1. The highest BCUT2D eigenvalue weighted by Gasteiger charge is 2.47. The van der Waals surface area contributed by atoms with Crippen LogP contribution in [-0.4, -0.2) is 46.0 Å². The molecule has 0 bridgehead atoms. The minimum absolute atomic E-state index is 0.0968. The Balaban J connectivity index is 1.98. The lowest BCUT2D eigenvalue weighted by Crippen LogP contribution is -2.49. The summed E-state index contributed by atoms with van der Waals surface area (Å²) in [7, 11) is 1.78. The van der Waals surface area contributed by atoms with Gasteiger partial charge in [0.2, 0.25) is 5.91 Å². The van der Waals surface area contributed by atoms with Gasteiger partial charge in [0.15, 0.2) is 0 Å². The van der Waals surface area contributed by atoms with Crippen LogP contribution in [0.1, 0.15) is 12.5 Å². The molecule has 1 fully saturated rings. The first-order valence-corrected chi connectivity index (χ1v) is 6.20. The Kier molecular flexibility index (Phi) is 3.89. The highest BCUT2D eigenvalue weighted by atomic mass is 16.5. The number of ether oxygens (including phenoxy) is 1. The molecule has 1 saturated heterocycles. The fraction of sp³-hybridized carbons (Fsp3) is 0.462. The lowest BCUT2D eigenvalue weighted by Gasteiger charge is -2.24. The molecule has 1 aliphatic rings. The van der Waals surface area contributed by atoms with Gasteiger partial charge in [-0.25, -0.2) is 0 Å². The van der Waals surface area contributed by atoms with Gasteiger partial charge in [0.1, 0.15) is 5.41 Å². The Morgan fingerprint density at radius 3 is 3.00 bits per heavy atom. The molecule has 2 N–H and O–H groups in total. The van der Waals surface area contributed by atoms with E-state index in [1.54, 1.807) is 37.1 Å². The van der Waals surface area contributed by atoms with E-state index < -0.39 is 17.4 Å². The zero-order chi connectivity index (χ0) is 14.8. The minimum atomic E-state index is -1.09. The first-order chi connectivity index (χ1) is 9.41. The van der Waals surface area contributed by atoms with E-state index in [1.165, 1.54) is 6.08 Å². The van der Waals surface area contributed by atoms with Crippen molar-refractivity contribution in [1.82, 2.24) is 15.1 Å². The van der Waals surface area contributed by atoms with Gasteiger partial charge in [0.25, 0.3) is 0 Å². The summed E-state index contributed by atoms with van der Waals surface area (Å²) >= 11 is 0. The molecule has 1 amide bonds. The number of carbonyl (C=O) groups excluding carboxylic acids is 1. The van der Waals surface area contributed by atoms with Crippen molar-refractivity contribution in [3.05, 3.63) is 24.0 Å². The van der Waals surface area contributed by atoms with Crippen LogP contribution in [0.4, 0.5) is 0 Å². The standard InChI is InChI=1S/C13H17N3O4/c1-13(12(18)19)8-20-7-10(13)15-11(17)4-3-9-5-14-16(2)6-9/h3-6,10H,7-8H2,1-2H3,(H,15,17)(H,18,19). The minimum Gasteiger partial charge on any atom is -0.481 e. The summed E-state index contributed by atoms with van der Waals surface area (Å²) in [6, 6.07) is -0.536. The van der Waals surface area contributed by atoms with Crippen LogP contribution in [0.15, 0.2) is 18.5 Å². The molecule has 1 aromatic rings. The van der Waals surface area contributed by atoms with E-state index in [-0.39, 0.29) is 19.1 Å². The summed E-state index contributed by atoms with van der Waals surface area (Å²) in [6.45, 7) is 1.87. The molecule has 2 unspecified atom stereocenters. The molecule has 0 aromatic carbocycles. The van der Waals surface area contributed by atoms with E-state index in [4.69, 9.17) is 4.74 Å². The average molecular weight is 279 g/mol. The van der Waals surface area contributed by atoms with Gasteiger partial charge in [-0.3, -0.25) is 14.3 Å². The van der Waals surface area contributed by atoms with E-state index in [0.29, 0.717) is 0 Å². The van der Waals surface area contributed by atoms with Crippen LogP contribution in [0.25, 0.3) is 6.08 Å². The molecule has 0 aliphatic carbocycles. The monoisotopic (exact) mass is 279 g/mol. The number of nitrogens with zero attached hydrogens (tertiary/aromatic N) is 2. The van der Waals surface area contributed by atoms with Crippen molar-refractivity contribution in [2.24, 2.45) is 12.5 Å². The lowest BCUT2D eigenvalue weighted by atomic mass is 9.85. The molecule has 0 saturated carbocycles. The van der Waals surface area contributed by atoms with Crippen LogP contribution in [0.5, 0.6) is 0 Å². The van der Waals surface area contributed by atoms with Crippen LogP contribution in [0.2, 0.25) is 0 Å². The summed E-state index contributed by atoms with van der Waals surface area (Å²) in [5, 5.41) is 15.9. The van der Waals surface area contributed by atoms with E-state index in [9.17, 15) is 14.7 Å². The highest BCUT2D eigenvalue weighted by molar-refractivity contribution is 5.92. The zero-order valence-electron chi connectivity index (χ0n) is 11.4. The van der Waals surface area contributed by atoms with E-state index >= 15 is 0 Å². The van der Waals surface area contributed by atoms with Crippen LogP contribution >= 0.6 is 0 Å². The fourth-order valence-electron chi connectivity index (χ4n) is 2.00. The maximum atomic E-state index is 11.8. The van der Waals surface area contributed by atoms with Gasteiger partial charge < -0.3 is 15.2 Å². The summed E-state index contributed by atoms with van der Waals surface area (Å²) in [4.78, 5) is 23.1. The molecule has 1 aromatic heterocycles.